The van der Waals surface area contributed by atoms with Gasteiger partial charge in [-0.25, -0.2) is 9.48 Å². The Bertz CT molecular complexity index is 782. The van der Waals surface area contributed by atoms with Crippen molar-refractivity contribution in [2.45, 2.75) is 13.0 Å². The van der Waals surface area contributed by atoms with Gasteiger partial charge in [0.25, 0.3) is 0 Å². The van der Waals surface area contributed by atoms with Gasteiger partial charge < -0.3 is 19.5 Å². The zero-order chi connectivity index (χ0) is 17.8. The van der Waals surface area contributed by atoms with Crippen LogP contribution in [0.1, 0.15) is 18.5 Å². The maximum Gasteiger partial charge on any atom is 0.338 e. The standard InChI is InChI=1S/C17H20N4O4/c1-11-14(16(22)25-9-8-23-2)15(21-17(20-11)18-10-19-21)12-4-6-13(24-3)7-5-12/h4-7,10,15H,8-9H2,1-3H3,(H,18,19,20). The highest BCUT2D eigenvalue weighted by atomic mass is 16.6. The summed E-state index contributed by atoms with van der Waals surface area (Å²) in [5, 5.41) is 7.36. The Morgan fingerprint density at radius 1 is 1.24 bits per heavy atom. The van der Waals surface area contributed by atoms with Crippen LogP contribution in [0.4, 0.5) is 5.95 Å². The molecule has 1 N–H and O–H groups in total. The summed E-state index contributed by atoms with van der Waals surface area (Å²) in [7, 11) is 3.17. The predicted octanol–water partition coefficient (Wildman–Crippen LogP) is 1.77. The molecule has 1 atom stereocenters. The van der Waals surface area contributed by atoms with Crippen LogP contribution in [-0.4, -0.2) is 48.2 Å². The van der Waals surface area contributed by atoms with Crippen molar-refractivity contribution in [2.24, 2.45) is 0 Å². The molecule has 2 heterocycles. The van der Waals surface area contributed by atoms with Crippen LogP contribution >= 0.6 is 0 Å². The molecule has 0 radical (unpaired) electrons. The Kier molecular flexibility index (Phi) is 4.99. The maximum atomic E-state index is 12.7. The quantitative estimate of drug-likeness (QED) is 0.631. The number of hydrogen-bond donors (Lipinski definition) is 1. The van der Waals surface area contributed by atoms with Gasteiger partial charge in [-0.15, -0.1) is 0 Å². The summed E-state index contributed by atoms with van der Waals surface area (Å²) in [6.45, 7) is 2.35. The van der Waals surface area contributed by atoms with Gasteiger partial charge in [-0.05, 0) is 24.6 Å². The molecular formula is C17H20N4O4. The number of rotatable bonds is 6. The largest absolute Gasteiger partial charge is 0.497 e. The van der Waals surface area contributed by atoms with E-state index in [2.05, 4.69) is 15.4 Å². The van der Waals surface area contributed by atoms with Crippen molar-refractivity contribution in [3.8, 4) is 5.75 Å². The van der Waals surface area contributed by atoms with E-state index in [1.54, 1.807) is 18.9 Å². The number of hydrogen-bond acceptors (Lipinski definition) is 7. The average molecular weight is 344 g/mol. The van der Waals surface area contributed by atoms with Crippen LogP contribution in [0.2, 0.25) is 0 Å². The van der Waals surface area contributed by atoms with Crippen LogP contribution in [-0.2, 0) is 14.3 Å². The molecule has 0 fully saturated rings. The summed E-state index contributed by atoms with van der Waals surface area (Å²) in [5.74, 6) is 0.900. The van der Waals surface area contributed by atoms with E-state index >= 15 is 0 Å². The van der Waals surface area contributed by atoms with E-state index in [9.17, 15) is 4.79 Å². The monoisotopic (exact) mass is 344 g/mol. The second kappa shape index (κ2) is 7.35. The molecule has 0 saturated carbocycles. The number of nitrogens with one attached hydrogen (secondary N) is 1. The Labute approximate surface area is 145 Å². The van der Waals surface area contributed by atoms with Gasteiger partial charge in [0.1, 0.15) is 24.7 Å². The molecule has 132 valence electrons. The minimum absolute atomic E-state index is 0.186. The third-order valence-electron chi connectivity index (χ3n) is 3.97. The fourth-order valence-corrected chi connectivity index (χ4v) is 2.75. The lowest BCUT2D eigenvalue weighted by Gasteiger charge is -2.28. The van der Waals surface area contributed by atoms with Crippen molar-refractivity contribution in [3.63, 3.8) is 0 Å². The zero-order valence-electron chi connectivity index (χ0n) is 14.4. The van der Waals surface area contributed by atoms with Crippen molar-refractivity contribution in [1.29, 1.82) is 0 Å². The number of nitrogens with zero attached hydrogens (tertiary/aromatic N) is 3. The van der Waals surface area contributed by atoms with Gasteiger partial charge in [0.05, 0.1) is 19.3 Å². The number of benzene rings is 1. The first-order valence-electron chi connectivity index (χ1n) is 7.83. The van der Waals surface area contributed by atoms with Gasteiger partial charge in [0.2, 0.25) is 5.95 Å². The van der Waals surface area contributed by atoms with Crippen LogP contribution in [0.25, 0.3) is 0 Å². The van der Waals surface area contributed by atoms with Gasteiger partial charge in [0, 0.05) is 12.8 Å². The molecule has 1 unspecified atom stereocenters. The maximum absolute atomic E-state index is 12.7. The first-order valence-corrected chi connectivity index (χ1v) is 7.83. The van der Waals surface area contributed by atoms with E-state index in [1.165, 1.54) is 6.33 Å². The second-order valence-corrected chi connectivity index (χ2v) is 5.50. The summed E-state index contributed by atoms with van der Waals surface area (Å²) in [6, 6.07) is 7.06. The smallest absolute Gasteiger partial charge is 0.338 e. The number of esters is 1. The molecule has 8 nitrogen and oxygen atoms in total. The lowest BCUT2D eigenvalue weighted by Crippen LogP contribution is -2.30. The van der Waals surface area contributed by atoms with Crippen LogP contribution < -0.4 is 10.1 Å². The highest BCUT2D eigenvalue weighted by Gasteiger charge is 2.34. The van der Waals surface area contributed by atoms with Crippen molar-refractivity contribution in [1.82, 2.24) is 14.8 Å². The van der Waals surface area contributed by atoms with Crippen molar-refractivity contribution in [3.05, 3.63) is 47.4 Å². The van der Waals surface area contributed by atoms with E-state index < -0.39 is 12.0 Å². The molecule has 0 spiro atoms. The van der Waals surface area contributed by atoms with E-state index in [0.717, 1.165) is 11.3 Å². The summed E-state index contributed by atoms with van der Waals surface area (Å²) < 4.78 is 17.1. The van der Waals surface area contributed by atoms with Gasteiger partial charge in [-0.3, -0.25) is 0 Å². The summed E-state index contributed by atoms with van der Waals surface area (Å²) in [4.78, 5) is 16.9. The third-order valence-corrected chi connectivity index (χ3v) is 3.97. The first kappa shape index (κ1) is 17.0. The Morgan fingerprint density at radius 3 is 2.68 bits per heavy atom. The Morgan fingerprint density at radius 2 is 2.00 bits per heavy atom. The van der Waals surface area contributed by atoms with Gasteiger partial charge in [-0.2, -0.15) is 10.1 Å². The molecule has 1 aromatic heterocycles. The average Bonchev–Trinajstić information content (AvgIpc) is 3.08. The van der Waals surface area contributed by atoms with Gasteiger partial charge in [0.15, 0.2) is 0 Å². The normalized spacial score (nSPS) is 16.2. The highest BCUT2D eigenvalue weighted by Crippen LogP contribution is 2.35. The molecule has 3 rings (SSSR count). The summed E-state index contributed by atoms with van der Waals surface area (Å²) >= 11 is 0. The summed E-state index contributed by atoms with van der Waals surface area (Å²) in [6.07, 6.45) is 1.45. The number of aromatic nitrogens is 3. The molecule has 0 aliphatic carbocycles. The Hall–Kier alpha value is -2.87. The van der Waals surface area contributed by atoms with E-state index in [1.807, 2.05) is 31.2 Å². The molecule has 0 saturated heterocycles. The molecular weight excluding hydrogens is 324 g/mol. The molecule has 1 aliphatic rings. The SMILES string of the molecule is COCCOC(=O)C1=C(C)Nc2ncnn2C1c1ccc(OC)cc1. The van der Waals surface area contributed by atoms with E-state index in [0.29, 0.717) is 23.8 Å². The molecule has 1 aromatic carbocycles. The number of fused-ring (bicyclic) bond motifs is 1. The zero-order valence-corrected chi connectivity index (χ0v) is 14.4. The van der Waals surface area contributed by atoms with E-state index in [-0.39, 0.29) is 6.61 Å². The lowest BCUT2D eigenvalue weighted by molar-refractivity contribution is -0.140. The van der Waals surface area contributed by atoms with Crippen LogP contribution in [0, 0.1) is 0 Å². The third kappa shape index (κ3) is 3.34. The molecule has 8 heteroatoms. The molecule has 1 aliphatic heterocycles. The summed E-state index contributed by atoms with van der Waals surface area (Å²) in [5.41, 5.74) is 2.05. The topological polar surface area (TPSA) is 87.5 Å². The molecule has 0 bridgehead atoms. The minimum atomic E-state index is -0.431. The first-order chi connectivity index (χ1) is 12.2. The second-order valence-electron chi connectivity index (χ2n) is 5.50. The number of carbonyl (C=O) groups is 1. The van der Waals surface area contributed by atoms with Gasteiger partial charge >= 0.3 is 5.97 Å². The predicted molar refractivity (Wildman–Crippen MR) is 90.3 cm³/mol. The number of anilines is 1. The highest BCUT2D eigenvalue weighted by molar-refractivity contribution is 5.92. The fourth-order valence-electron chi connectivity index (χ4n) is 2.75. The molecule has 25 heavy (non-hydrogen) atoms. The number of carbonyl (C=O) groups excluding carboxylic acids is 1. The van der Waals surface area contributed by atoms with Crippen molar-refractivity contribution in [2.75, 3.05) is 32.8 Å². The van der Waals surface area contributed by atoms with E-state index in [4.69, 9.17) is 14.2 Å². The minimum Gasteiger partial charge on any atom is -0.497 e. The van der Waals surface area contributed by atoms with Crippen LogP contribution in [0.3, 0.4) is 0 Å². The lowest BCUT2D eigenvalue weighted by atomic mass is 9.96. The number of methoxy groups -OCH3 is 2. The number of allylic oxidation sites excluding steroid dienone is 1. The van der Waals surface area contributed by atoms with Crippen molar-refractivity contribution >= 4 is 11.9 Å². The fraction of sp³-hybridized carbons (Fsp3) is 0.353. The van der Waals surface area contributed by atoms with Crippen LogP contribution in [0.5, 0.6) is 5.75 Å². The van der Waals surface area contributed by atoms with Crippen LogP contribution in [0.15, 0.2) is 41.9 Å². The molecule has 2 aromatic rings. The number of ether oxygens (including phenoxy) is 3. The Balaban J connectivity index is 1.99. The van der Waals surface area contributed by atoms with Crippen molar-refractivity contribution < 1.29 is 19.0 Å². The van der Waals surface area contributed by atoms with Gasteiger partial charge in [-0.1, -0.05) is 12.1 Å². The molecule has 0 amide bonds.